The molecule has 0 unspecified atom stereocenters. The summed E-state index contributed by atoms with van der Waals surface area (Å²) in [5.74, 6) is -0.424. The highest BCUT2D eigenvalue weighted by molar-refractivity contribution is 7.18. The third-order valence-electron chi connectivity index (χ3n) is 3.61. The van der Waals surface area contributed by atoms with E-state index < -0.39 is 5.91 Å². The van der Waals surface area contributed by atoms with Crippen molar-refractivity contribution in [2.75, 3.05) is 5.32 Å². The van der Waals surface area contributed by atoms with Crippen molar-refractivity contribution >= 4 is 33.3 Å². The van der Waals surface area contributed by atoms with Gasteiger partial charge in [0.1, 0.15) is 17.1 Å². The summed E-state index contributed by atoms with van der Waals surface area (Å²) in [7, 11) is 0. The number of rotatable bonds is 4. The first-order chi connectivity index (χ1) is 12.7. The number of carbonyl (C=O) groups is 1. The third-order valence-corrected chi connectivity index (χ3v) is 4.50. The van der Waals surface area contributed by atoms with Gasteiger partial charge in [-0.2, -0.15) is 0 Å². The van der Waals surface area contributed by atoms with Crippen molar-refractivity contribution in [3.63, 3.8) is 0 Å². The van der Waals surface area contributed by atoms with Crippen LogP contribution in [0.1, 0.15) is 0 Å². The van der Waals surface area contributed by atoms with Gasteiger partial charge in [-0.15, -0.1) is 15.3 Å². The molecule has 2 aromatic heterocycles. The van der Waals surface area contributed by atoms with Gasteiger partial charge in [-0.05, 0) is 12.1 Å². The van der Waals surface area contributed by atoms with E-state index in [1.807, 2.05) is 30.3 Å². The maximum absolute atomic E-state index is 12.4. The van der Waals surface area contributed by atoms with E-state index in [-0.39, 0.29) is 12.1 Å². The number of nitrogens with one attached hydrogen (secondary N) is 1. The number of hydrogen-bond donors (Lipinski definition) is 1. The summed E-state index contributed by atoms with van der Waals surface area (Å²) in [5.41, 5.74) is 1.04. The van der Waals surface area contributed by atoms with Gasteiger partial charge in [0.15, 0.2) is 0 Å². The van der Waals surface area contributed by atoms with Gasteiger partial charge in [0.2, 0.25) is 11.0 Å². The summed E-state index contributed by atoms with van der Waals surface area (Å²) in [6.07, 6.45) is 0. The third kappa shape index (κ3) is 3.20. The topological polar surface area (TPSA) is 103 Å². The molecule has 26 heavy (non-hydrogen) atoms. The lowest BCUT2D eigenvalue weighted by atomic mass is 10.2. The summed E-state index contributed by atoms with van der Waals surface area (Å²) in [4.78, 5) is 24.6. The predicted molar refractivity (Wildman–Crippen MR) is 97.8 cm³/mol. The zero-order chi connectivity index (χ0) is 17.9. The number of fused-ring (bicyclic) bond motifs is 1. The Hall–Kier alpha value is -3.46. The Morgan fingerprint density at radius 2 is 1.77 bits per heavy atom. The molecule has 0 saturated heterocycles. The van der Waals surface area contributed by atoms with Crippen LogP contribution in [0.25, 0.3) is 21.5 Å². The summed E-state index contributed by atoms with van der Waals surface area (Å²) < 4.78 is 1.02. The zero-order valence-electron chi connectivity index (χ0n) is 13.4. The lowest BCUT2D eigenvalue weighted by molar-refractivity contribution is -0.117. The van der Waals surface area contributed by atoms with Crippen LogP contribution in [0.2, 0.25) is 0 Å². The zero-order valence-corrected chi connectivity index (χ0v) is 14.2. The minimum atomic E-state index is -0.424. The van der Waals surface area contributed by atoms with Gasteiger partial charge in [-0.1, -0.05) is 59.0 Å². The van der Waals surface area contributed by atoms with Crippen molar-refractivity contribution in [3.8, 4) is 10.6 Å². The van der Waals surface area contributed by atoms with Crippen molar-refractivity contribution in [2.45, 2.75) is 6.54 Å². The van der Waals surface area contributed by atoms with E-state index in [1.54, 1.807) is 24.3 Å². The molecule has 0 radical (unpaired) electrons. The summed E-state index contributed by atoms with van der Waals surface area (Å²) in [5, 5.41) is 19.9. The van der Waals surface area contributed by atoms with Crippen molar-refractivity contribution in [3.05, 3.63) is 65.0 Å². The average molecular weight is 364 g/mol. The number of carbonyl (C=O) groups excluding carboxylic acids is 1. The Morgan fingerprint density at radius 3 is 2.62 bits per heavy atom. The second-order valence-corrected chi connectivity index (χ2v) is 6.37. The first-order valence-corrected chi connectivity index (χ1v) is 8.54. The van der Waals surface area contributed by atoms with Crippen molar-refractivity contribution < 1.29 is 4.79 Å². The smallest absolute Gasteiger partial charge is 0.278 e. The first kappa shape index (κ1) is 16.0. The van der Waals surface area contributed by atoms with Gasteiger partial charge in [-0.3, -0.25) is 14.9 Å². The molecule has 2 aromatic carbocycles. The Balaban J connectivity index is 1.51. The number of amides is 1. The minimum absolute atomic E-state index is 0.253. The lowest BCUT2D eigenvalue weighted by Gasteiger charge is -2.04. The van der Waals surface area contributed by atoms with E-state index >= 15 is 0 Å². The molecule has 0 aliphatic heterocycles. The minimum Gasteiger partial charge on any atom is -0.299 e. The molecule has 2 heterocycles. The van der Waals surface area contributed by atoms with Crippen LogP contribution in [0.4, 0.5) is 5.13 Å². The molecule has 0 saturated carbocycles. The monoisotopic (exact) mass is 364 g/mol. The number of nitrogens with zero attached hydrogens (tertiary/aromatic N) is 5. The Kier molecular flexibility index (Phi) is 4.20. The van der Waals surface area contributed by atoms with Crippen LogP contribution in [-0.4, -0.2) is 31.1 Å². The Morgan fingerprint density at radius 1 is 1.00 bits per heavy atom. The molecule has 0 aliphatic rings. The number of hydrogen-bond acceptors (Lipinski definition) is 7. The van der Waals surface area contributed by atoms with E-state index in [1.165, 1.54) is 11.3 Å². The average Bonchev–Trinajstić information content (AvgIpc) is 3.13. The fourth-order valence-corrected chi connectivity index (χ4v) is 3.16. The molecule has 128 valence electrons. The molecular weight excluding hydrogens is 352 g/mol. The van der Waals surface area contributed by atoms with Gasteiger partial charge in [0, 0.05) is 5.56 Å². The largest absolute Gasteiger partial charge is 0.299 e. The molecule has 0 spiro atoms. The number of anilines is 1. The van der Waals surface area contributed by atoms with Crippen LogP contribution in [0.15, 0.2) is 59.4 Å². The van der Waals surface area contributed by atoms with E-state index in [0.29, 0.717) is 21.0 Å². The van der Waals surface area contributed by atoms with E-state index in [2.05, 4.69) is 25.8 Å². The van der Waals surface area contributed by atoms with Crippen LogP contribution in [0.5, 0.6) is 0 Å². The molecule has 0 fully saturated rings. The number of aromatic nitrogens is 5. The molecule has 4 rings (SSSR count). The number of benzene rings is 2. The molecule has 8 nitrogen and oxygen atoms in total. The Bertz CT molecular complexity index is 1140. The molecule has 0 aliphatic carbocycles. The Labute approximate surface area is 151 Å². The van der Waals surface area contributed by atoms with E-state index in [9.17, 15) is 9.59 Å². The van der Waals surface area contributed by atoms with Gasteiger partial charge in [-0.25, -0.2) is 4.68 Å². The fraction of sp³-hybridized carbons (Fsp3) is 0.0588. The SMILES string of the molecule is O=C(Cn1nnc2ccccc2c1=O)Nc1nnc(-c2ccccc2)s1. The van der Waals surface area contributed by atoms with Crippen LogP contribution < -0.4 is 10.9 Å². The molecule has 9 heteroatoms. The van der Waals surface area contributed by atoms with Gasteiger partial charge in [0.25, 0.3) is 5.56 Å². The molecule has 1 N–H and O–H groups in total. The molecule has 0 bridgehead atoms. The van der Waals surface area contributed by atoms with E-state index in [4.69, 9.17) is 0 Å². The van der Waals surface area contributed by atoms with Crippen LogP contribution in [0, 0.1) is 0 Å². The molecule has 0 atom stereocenters. The quantitative estimate of drug-likeness (QED) is 0.594. The summed E-state index contributed by atoms with van der Waals surface area (Å²) in [6.45, 7) is -0.253. The highest BCUT2D eigenvalue weighted by Crippen LogP contribution is 2.25. The standard InChI is InChI=1S/C17H12N6O2S/c24-14(10-23-16(25)12-8-4-5-9-13(12)19-22-23)18-17-21-20-15(26-17)11-6-2-1-3-7-11/h1-9H,10H2,(H,18,21,24). The molecular formula is C17H12N6O2S. The van der Waals surface area contributed by atoms with E-state index in [0.717, 1.165) is 10.2 Å². The molecule has 4 aromatic rings. The maximum Gasteiger partial charge on any atom is 0.278 e. The van der Waals surface area contributed by atoms with Crippen LogP contribution in [0.3, 0.4) is 0 Å². The van der Waals surface area contributed by atoms with Crippen molar-refractivity contribution in [1.82, 2.24) is 25.2 Å². The predicted octanol–water partition coefficient (Wildman–Crippen LogP) is 1.95. The summed E-state index contributed by atoms with van der Waals surface area (Å²) >= 11 is 1.25. The highest BCUT2D eigenvalue weighted by Gasteiger charge is 2.12. The van der Waals surface area contributed by atoms with Gasteiger partial charge in [0.05, 0.1) is 5.39 Å². The lowest BCUT2D eigenvalue weighted by Crippen LogP contribution is -2.30. The first-order valence-electron chi connectivity index (χ1n) is 7.72. The van der Waals surface area contributed by atoms with Crippen molar-refractivity contribution in [1.29, 1.82) is 0 Å². The van der Waals surface area contributed by atoms with Gasteiger partial charge < -0.3 is 0 Å². The van der Waals surface area contributed by atoms with Gasteiger partial charge >= 0.3 is 0 Å². The summed E-state index contributed by atoms with van der Waals surface area (Å²) in [6, 6.07) is 16.4. The highest BCUT2D eigenvalue weighted by atomic mass is 32.1. The molecule has 1 amide bonds. The van der Waals surface area contributed by atoms with Crippen LogP contribution >= 0.6 is 11.3 Å². The normalized spacial score (nSPS) is 10.8. The second kappa shape index (κ2) is 6.81. The van der Waals surface area contributed by atoms with Crippen molar-refractivity contribution in [2.24, 2.45) is 0 Å². The van der Waals surface area contributed by atoms with Crippen LogP contribution in [-0.2, 0) is 11.3 Å². The maximum atomic E-state index is 12.4. The fourth-order valence-electron chi connectivity index (χ4n) is 2.39. The second-order valence-electron chi connectivity index (χ2n) is 5.40.